The van der Waals surface area contributed by atoms with Gasteiger partial charge in [-0.15, -0.1) is 11.3 Å². The fourth-order valence-electron chi connectivity index (χ4n) is 2.77. The van der Waals surface area contributed by atoms with Crippen molar-refractivity contribution in [3.63, 3.8) is 0 Å². The summed E-state index contributed by atoms with van der Waals surface area (Å²) in [4.78, 5) is 16.9. The first-order valence-corrected chi connectivity index (χ1v) is 8.83. The van der Waals surface area contributed by atoms with Crippen molar-refractivity contribution in [2.45, 2.75) is 38.6 Å². The molecular formula is C18H22N2O2S. The quantitative estimate of drug-likeness (QED) is 0.879. The maximum Gasteiger partial charge on any atom is 0.224 e. The monoisotopic (exact) mass is 330 g/mol. The van der Waals surface area contributed by atoms with Crippen LogP contribution in [0.3, 0.4) is 0 Å². The average molecular weight is 330 g/mol. The van der Waals surface area contributed by atoms with Crippen molar-refractivity contribution < 1.29 is 9.53 Å². The number of carbonyl (C=O) groups is 1. The van der Waals surface area contributed by atoms with Gasteiger partial charge in [0.2, 0.25) is 5.91 Å². The fraction of sp³-hybridized carbons (Fsp3) is 0.444. The average Bonchev–Trinajstić information content (AvgIpc) is 3.21. The zero-order chi connectivity index (χ0) is 16.4. The molecule has 0 aliphatic heterocycles. The Bertz CT molecular complexity index is 696. The lowest BCUT2D eigenvalue weighted by molar-refractivity contribution is -0.122. The van der Waals surface area contributed by atoms with Crippen molar-refractivity contribution in [3.8, 4) is 5.75 Å². The second-order valence-electron chi connectivity index (χ2n) is 6.23. The predicted molar refractivity (Wildman–Crippen MR) is 91.9 cm³/mol. The Kier molecular flexibility index (Phi) is 4.66. The van der Waals surface area contributed by atoms with Crippen LogP contribution >= 0.6 is 11.3 Å². The minimum atomic E-state index is 0.0517. The van der Waals surface area contributed by atoms with E-state index in [0.717, 1.165) is 28.4 Å². The number of nitrogens with zero attached hydrogens (tertiary/aromatic N) is 1. The molecule has 0 saturated heterocycles. The molecule has 4 nitrogen and oxygen atoms in total. The Morgan fingerprint density at radius 1 is 1.43 bits per heavy atom. The summed E-state index contributed by atoms with van der Waals surface area (Å²) in [7, 11) is 1.67. The van der Waals surface area contributed by atoms with E-state index in [1.165, 1.54) is 0 Å². The molecule has 1 aromatic carbocycles. The van der Waals surface area contributed by atoms with Crippen LogP contribution in [0.1, 0.15) is 48.4 Å². The summed E-state index contributed by atoms with van der Waals surface area (Å²) in [5.74, 6) is 1.73. The molecule has 1 amide bonds. The molecule has 0 bridgehead atoms. The predicted octanol–water partition coefficient (Wildman–Crippen LogP) is 3.70. The third-order valence-electron chi connectivity index (χ3n) is 4.24. The first kappa shape index (κ1) is 16.0. The summed E-state index contributed by atoms with van der Waals surface area (Å²) in [6, 6.07) is 7.95. The fourth-order valence-corrected chi connectivity index (χ4v) is 3.66. The largest absolute Gasteiger partial charge is 0.496 e. The van der Waals surface area contributed by atoms with E-state index >= 15 is 0 Å². The normalized spacial score (nSPS) is 19.7. The Morgan fingerprint density at radius 2 is 2.22 bits per heavy atom. The van der Waals surface area contributed by atoms with Crippen LogP contribution in [-0.2, 0) is 11.3 Å². The van der Waals surface area contributed by atoms with Crippen molar-refractivity contribution in [2.24, 2.45) is 5.92 Å². The molecule has 1 fully saturated rings. The summed E-state index contributed by atoms with van der Waals surface area (Å²) in [6.45, 7) is 4.77. The van der Waals surface area contributed by atoms with Crippen molar-refractivity contribution in [1.29, 1.82) is 0 Å². The summed E-state index contributed by atoms with van der Waals surface area (Å²) >= 11 is 1.61. The van der Waals surface area contributed by atoms with Crippen molar-refractivity contribution in [3.05, 3.63) is 45.9 Å². The van der Waals surface area contributed by atoms with Gasteiger partial charge in [0.25, 0.3) is 0 Å². The molecule has 1 N–H and O–H groups in total. The van der Waals surface area contributed by atoms with Gasteiger partial charge in [-0.2, -0.15) is 0 Å². The highest BCUT2D eigenvalue weighted by Gasteiger charge is 2.45. The van der Waals surface area contributed by atoms with Crippen molar-refractivity contribution in [1.82, 2.24) is 10.3 Å². The van der Waals surface area contributed by atoms with Gasteiger partial charge in [-0.05, 0) is 29.9 Å². The molecule has 2 aromatic rings. The number of benzene rings is 1. The number of aromatic nitrogens is 1. The number of hydrogen-bond acceptors (Lipinski definition) is 4. The molecular weight excluding hydrogens is 308 g/mol. The number of ether oxygens (including phenoxy) is 1. The van der Waals surface area contributed by atoms with E-state index in [1.807, 2.05) is 24.3 Å². The number of para-hydroxylation sites is 1. The Labute approximate surface area is 140 Å². The van der Waals surface area contributed by atoms with Crippen LogP contribution in [0.25, 0.3) is 0 Å². The number of hydrogen-bond donors (Lipinski definition) is 1. The first-order valence-electron chi connectivity index (χ1n) is 7.95. The van der Waals surface area contributed by atoms with E-state index in [0.29, 0.717) is 12.5 Å². The summed E-state index contributed by atoms with van der Waals surface area (Å²) < 4.78 is 5.39. The Morgan fingerprint density at radius 3 is 2.91 bits per heavy atom. The number of carbonyl (C=O) groups excluding carboxylic acids is 1. The lowest BCUT2D eigenvalue weighted by atomic mass is 10.1. The molecule has 2 atom stereocenters. The molecule has 1 aromatic heterocycles. The smallest absolute Gasteiger partial charge is 0.224 e. The van der Waals surface area contributed by atoms with Gasteiger partial charge in [-0.25, -0.2) is 4.98 Å². The van der Waals surface area contributed by atoms with Gasteiger partial charge in [0.15, 0.2) is 0 Å². The van der Waals surface area contributed by atoms with E-state index in [2.05, 4.69) is 29.5 Å². The molecule has 1 aliphatic rings. The number of methoxy groups -OCH3 is 1. The molecule has 23 heavy (non-hydrogen) atoms. The summed E-state index contributed by atoms with van der Waals surface area (Å²) in [6.07, 6.45) is 0.890. The maximum absolute atomic E-state index is 12.3. The van der Waals surface area contributed by atoms with Crippen LogP contribution in [0.15, 0.2) is 29.6 Å². The molecule has 1 heterocycles. The Hall–Kier alpha value is -1.88. The number of thiazole rings is 1. The lowest BCUT2D eigenvalue weighted by Crippen LogP contribution is -2.24. The van der Waals surface area contributed by atoms with Crippen molar-refractivity contribution >= 4 is 17.2 Å². The molecule has 122 valence electrons. The van der Waals surface area contributed by atoms with E-state index in [9.17, 15) is 4.79 Å². The molecule has 5 heteroatoms. The van der Waals surface area contributed by atoms with Gasteiger partial charge < -0.3 is 10.1 Å². The molecule has 0 spiro atoms. The van der Waals surface area contributed by atoms with Crippen LogP contribution in [0.5, 0.6) is 5.75 Å². The second-order valence-corrected chi connectivity index (χ2v) is 7.17. The van der Waals surface area contributed by atoms with Crippen LogP contribution < -0.4 is 10.1 Å². The number of rotatable bonds is 6. The molecule has 0 unspecified atom stereocenters. The van der Waals surface area contributed by atoms with Gasteiger partial charge in [0.05, 0.1) is 19.3 Å². The van der Waals surface area contributed by atoms with Gasteiger partial charge in [0.1, 0.15) is 10.8 Å². The molecule has 1 aliphatic carbocycles. The maximum atomic E-state index is 12.3. The van der Waals surface area contributed by atoms with Crippen LogP contribution in [0.4, 0.5) is 0 Å². The van der Waals surface area contributed by atoms with Gasteiger partial charge >= 0.3 is 0 Å². The lowest BCUT2D eigenvalue weighted by Gasteiger charge is -2.07. The third-order valence-corrected chi connectivity index (χ3v) is 5.11. The number of nitrogens with one attached hydrogen (secondary N) is 1. The zero-order valence-corrected chi connectivity index (χ0v) is 14.5. The minimum absolute atomic E-state index is 0.0517. The van der Waals surface area contributed by atoms with Crippen molar-refractivity contribution in [2.75, 3.05) is 7.11 Å². The molecule has 3 rings (SSSR count). The first-order chi connectivity index (χ1) is 11.1. The van der Waals surface area contributed by atoms with Gasteiger partial charge in [-0.1, -0.05) is 32.0 Å². The molecule has 0 radical (unpaired) electrons. The standard InChI is InChI=1S/C18H22N2O2S/c1-11(2)15-10-23-17(20-15)9-19-18(21)14-8-13(14)12-6-4-5-7-16(12)22-3/h4-7,10-11,13-14H,8-9H2,1-3H3,(H,19,21)/t13-,14+/m0/s1. The van der Waals surface area contributed by atoms with E-state index in [4.69, 9.17) is 4.74 Å². The minimum Gasteiger partial charge on any atom is -0.496 e. The highest BCUT2D eigenvalue weighted by atomic mass is 32.1. The summed E-state index contributed by atoms with van der Waals surface area (Å²) in [5, 5.41) is 6.06. The number of amides is 1. The topological polar surface area (TPSA) is 51.2 Å². The Balaban J connectivity index is 1.56. The summed E-state index contributed by atoms with van der Waals surface area (Å²) in [5.41, 5.74) is 2.23. The third kappa shape index (κ3) is 3.55. The van der Waals surface area contributed by atoms with Gasteiger partial charge in [-0.3, -0.25) is 4.79 Å². The van der Waals surface area contributed by atoms with E-state index in [-0.39, 0.29) is 17.7 Å². The van der Waals surface area contributed by atoms with Crippen LogP contribution in [-0.4, -0.2) is 18.0 Å². The van der Waals surface area contributed by atoms with E-state index < -0.39 is 0 Å². The van der Waals surface area contributed by atoms with E-state index in [1.54, 1.807) is 18.4 Å². The second kappa shape index (κ2) is 6.71. The zero-order valence-electron chi connectivity index (χ0n) is 13.7. The van der Waals surface area contributed by atoms with Crippen LogP contribution in [0, 0.1) is 5.92 Å². The van der Waals surface area contributed by atoms with Crippen LogP contribution in [0.2, 0.25) is 0 Å². The molecule has 1 saturated carbocycles. The highest BCUT2D eigenvalue weighted by molar-refractivity contribution is 7.09. The SMILES string of the molecule is COc1ccccc1[C@@H]1C[C@H]1C(=O)NCc1nc(C(C)C)cs1. The van der Waals surface area contributed by atoms with Gasteiger partial charge in [0, 0.05) is 11.3 Å². The highest BCUT2D eigenvalue weighted by Crippen LogP contribution is 2.50.